The van der Waals surface area contributed by atoms with Crippen molar-refractivity contribution < 1.29 is 19.5 Å². The van der Waals surface area contributed by atoms with Gasteiger partial charge in [-0.25, -0.2) is 4.79 Å². The summed E-state index contributed by atoms with van der Waals surface area (Å²) in [5, 5.41) is 11.7. The minimum Gasteiger partial charge on any atom is -0.480 e. The summed E-state index contributed by atoms with van der Waals surface area (Å²) in [7, 11) is 0. The molecule has 2 amide bonds. The number of aryl methyl sites for hydroxylation is 1. The molecule has 1 rings (SSSR count). The van der Waals surface area contributed by atoms with Gasteiger partial charge < -0.3 is 15.3 Å². The van der Waals surface area contributed by atoms with Crippen molar-refractivity contribution >= 4 is 52.3 Å². The Morgan fingerprint density at radius 1 is 1.38 bits per heavy atom. The third kappa shape index (κ3) is 6.67. The summed E-state index contributed by atoms with van der Waals surface area (Å²) >= 11 is 13.2. The molecule has 0 saturated heterocycles. The minimum atomic E-state index is -1.08. The molecule has 1 aromatic heterocycles. The van der Waals surface area contributed by atoms with Crippen molar-refractivity contribution in [3.05, 3.63) is 20.3 Å². The van der Waals surface area contributed by atoms with Crippen LogP contribution in [-0.4, -0.2) is 46.9 Å². The first kappa shape index (κ1) is 20.7. The Kier molecular flexibility index (Phi) is 8.52. The fourth-order valence-corrected chi connectivity index (χ4v) is 3.68. The lowest BCUT2D eigenvalue weighted by atomic mass is 10.1. The fourth-order valence-electron chi connectivity index (χ4n) is 2.14. The van der Waals surface area contributed by atoms with E-state index in [1.165, 1.54) is 30.1 Å². The molecule has 0 aliphatic carbocycles. The SMILES string of the molecule is CC(=O)NCCN(C(=O)CCCc1cc(Cl)sc1Cl)C(C)C(=O)O. The molecule has 0 spiro atoms. The molecule has 0 fully saturated rings. The van der Waals surface area contributed by atoms with Crippen LogP contribution in [0.15, 0.2) is 6.07 Å². The zero-order valence-corrected chi connectivity index (χ0v) is 15.8. The number of carbonyl (C=O) groups is 3. The van der Waals surface area contributed by atoms with E-state index in [0.717, 1.165) is 5.56 Å². The van der Waals surface area contributed by atoms with Crippen molar-refractivity contribution in [1.29, 1.82) is 0 Å². The number of carboxylic acids is 1. The Balaban J connectivity index is 2.57. The lowest BCUT2D eigenvalue weighted by Crippen LogP contribution is -2.46. The largest absolute Gasteiger partial charge is 0.480 e. The van der Waals surface area contributed by atoms with Gasteiger partial charge in [0.15, 0.2) is 0 Å². The van der Waals surface area contributed by atoms with E-state index in [4.69, 9.17) is 28.3 Å². The van der Waals surface area contributed by atoms with Crippen LogP contribution in [0.2, 0.25) is 8.67 Å². The number of halogens is 2. The molecule has 0 aliphatic rings. The molecule has 24 heavy (non-hydrogen) atoms. The first-order valence-corrected chi connectivity index (χ1v) is 9.00. The molecule has 2 N–H and O–H groups in total. The van der Waals surface area contributed by atoms with Crippen LogP contribution in [0.5, 0.6) is 0 Å². The highest BCUT2D eigenvalue weighted by atomic mass is 35.5. The quantitative estimate of drug-likeness (QED) is 0.673. The van der Waals surface area contributed by atoms with Crippen molar-refractivity contribution in [2.75, 3.05) is 13.1 Å². The van der Waals surface area contributed by atoms with Crippen LogP contribution in [0, 0.1) is 0 Å². The summed E-state index contributed by atoms with van der Waals surface area (Å²) in [5.74, 6) is -1.58. The predicted molar refractivity (Wildman–Crippen MR) is 94.8 cm³/mol. The highest BCUT2D eigenvalue weighted by Crippen LogP contribution is 2.32. The number of thiophene rings is 1. The van der Waals surface area contributed by atoms with Crippen molar-refractivity contribution in [2.45, 2.75) is 39.2 Å². The molecule has 0 aromatic carbocycles. The predicted octanol–water partition coefficient (Wildman–Crippen LogP) is 2.82. The monoisotopic (exact) mass is 394 g/mol. The average molecular weight is 395 g/mol. The zero-order valence-electron chi connectivity index (χ0n) is 13.5. The number of nitrogens with one attached hydrogen (secondary N) is 1. The van der Waals surface area contributed by atoms with Crippen LogP contribution in [0.1, 0.15) is 32.3 Å². The number of hydrogen-bond acceptors (Lipinski definition) is 4. The maximum atomic E-state index is 12.3. The summed E-state index contributed by atoms with van der Waals surface area (Å²) in [6, 6.07) is 0.818. The molecular weight excluding hydrogens is 375 g/mol. The number of carbonyl (C=O) groups excluding carboxylic acids is 2. The molecule has 134 valence electrons. The second-order valence-electron chi connectivity index (χ2n) is 5.29. The van der Waals surface area contributed by atoms with E-state index in [1.807, 2.05) is 0 Å². The molecular formula is C15H20Cl2N2O4S. The molecule has 0 aliphatic heterocycles. The van der Waals surface area contributed by atoms with Crippen molar-refractivity contribution in [1.82, 2.24) is 10.2 Å². The zero-order chi connectivity index (χ0) is 18.3. The number of hydrogen-bond donors (Lipinski definition) is 2. The molecule has 0 radical (unpaired) electrons. The van der Waals surface area contributed by atoms with Crippen LogP contribution in [-0.2, 0) is 20.8 Å². The highest BCUT2D eigenvalue weighted by molar-refractivity contribution is 7.20. The fraction of sp³-hybridized carbons (Fsp3) is 0.533. The third-order valence-electron chi connectivity index (χ3n) is 3.44. The van der Waals surface area contributed by atoms with Gasteiger partial charge in [0, 0.05) is 26.4 Å². The average Bonchev–Trinajstić information content (AvgIpc) is 2.80. The van der Waals surface area contributed by atoms with Crippen LogP contribution < -0.4 is 5.32 Å². The first-order valence-electron chi connectivity index (χ1n) is 7.42. The van der Waals surface area contributed by atoms with Gasteiger partial charge in [0.25, 0.3) is 0 Å². The molecule has 1 aromatic rings. The maximum Gasteiger partial charge on any atom is 0.326 e. The van der Waals surface area contributed by atoms with Crippen molar-refractivity contribution in [2.24, 2.45) is 0 Å². The van der Waals surface area contributed by atoms with Gasteiger partial charge in [-0.05, 0) is 31.4 Å². The molecule has 1 unspecified atom stereocenters. The van der Waals surface area contributed by atoms with E-state index in [2.05, 4.69) is 5.32 Å². The number of rotatable bonds is 9. The Labute approximate surface area is 154 Å². The van der Waals surface area contributed by atoms with E-state index in [-0.39, 0.29) is 31.3 Å². The van der Waals surface area contributed by atoms with Gasteiger partial charge in [0.05, 0.1) is 8.67 Å². The Bertz CT molecular complexity index is 606. The molecule has 1 atom stereocenters. The molecule has 0 bridgehead atoms. The Morgan fingerprint density at radius 3 is 2.54 bits per heavy atom. The second-order valence-corrected chi connectivity index (χ2v) is 7.57. The summed E-state index contributed by atoms with van der Waals surface area (Å²) in [6.45, 7) is 3.17. The second kappa shape index (κ2) is 9.86. The van der Waals surface area contributed by atoms with E-state index in [0.29, 0.717) is 21.5 Å². The van der Waals surface area contributed by atoms with Gasteiger partial charge in [0.1, 0.15) is 6.04 Å². The third-order valence-corrected chi connectivity index (χ3v) is 5.00. The van der Waals surface area contributed by atoms with Crippen molar-refractivity contribution in [3.63, 3.8) is 0 Å². The number of aliphatic carboxylic acids is 1. The van der Waals surface area contributed by atoms with Crippen LogP contribution in [0.4, 0.5) is 0 Å². The van der Waals surface area contributed by atoms with Crippen LogP contribution in [0.3, 0.4) is 0 Å². The minimum absolute atomic E-state index is 0.150. The molecule has 6 nitrogen and oxygen atoms in total. The Morgan fingerprint density at radius 2 is 2.04 bits per heavy atom. The smallest absolute Gasteiger partial charge is 0.326 e. The number of amides is 2. The van der Waals surface area contributed by atoms with Gasteiger partial charge in [-0.1, -0.05) is 23.2 Å². The Hall–Kier alpha value is -1.31. The first-order chi connectivity index (χ1) is 11.2. The normalized spacial score (nSPS) is 11.8. The standard InChI is InChI=1S/C15H20Cl2N2O4S/c1-9(15(22)23)19(7-6-18-10(2)20)13(21)5-3-4-11-8-12(16)24-14(11)17/h8-9H,3-7H2,1-2H3,(H,18,20)(H,22,23). The molecule has 1 heterocycles. The van der Waals surface area contributed by atoms with Gasteiger partial charge in [0.2, 0.25) is 11.8 Å². The highest BCUT2D eigenvalue weighted by Gasteiger charge is 2.24. The lowest BCUT2D eigenvalue weighted by molar-refractivity contribution is -0.149. The van der Waals surface area contributed by atoms with Crippen LogP contribution in [0.25, 0.3) is 0 Å². The summed E-state index contributed by atoms with van der Waals surface area (Å²) in [6.07, 6.45) is 1.32. The van der Waals surface area contributed by atoms with Crippen molar-refractivity contribution in [3.8, 4) is 0 Å². The van der Waals surface area contributed by atoms with E-state index < -0.39 is 12.0 Å². The van der Waals surface area contributed by atoms with Gasteiger partial charge in [-0.2, -0.15) is 0 Å². The summed E-state index contributed by atoms with van der Waals surface area (Å²) in [4.78, 5) is 35.7. The molecule has 0 saturated carbocycles. The van der Waals surface area contributed by atoms with Gasteiger partial charge in [-0.3, -0.25) is 9.59 Å². The summed E-state index contributed by atoms with van der Waals surface area (Å²) < 4.78 is 1.20. The van der Waals surface area contributed by atoms with E-state index in [9.17, 15) is 14.4 Å². The topological polar surface area (TPSA) is 86.7 Å². The summed E-state index contributed by atoms with van der Waals surface area (Å²) in [5.41, 5.74) is 0.885. The number of carboxylic acid groups (broad SMARTS) is 1. The number of nitrogens with zero attached hydrogens (tertiary/aromatic N) is 1. The van der Waals surface area contributed by atoms with Gasteiger partial charge in [-0.15, -0.1) is 11.3 Å². The maximum absolute atomic E-state index is 12.3. The van der Waals surface area contributed by atoms with Gasteiger partial charge >= 0.3 is 5.97 Å². The molecule has 9 heteroatoms. The van der Waals surface area contributed by atoms with Crippen LogP contribution >= 0.6 is 34.5 Å². The lowest BCUT2D eigenvalue weighted by Gasteiger charge is -2.26. The van der Waals surface area contributed by atoms with E-state index >= 15 is 0 Å². The van der Waals surface area contributed by atoms with E-state index in [1.54, 1.807) is 6.07 Å².